The Morgan fingerprint density at radius 1 is 1.19 bits per heavy atom. The fraction of sp³-hybridized carbons (Fsp3) is 0.250. The second-order valence-corrected chi connectivity index (χ2v) is 6.51. The SMILES string of the molecule is COc1nn(C)c(=O)n1-c1ccccc1CON/N=C(\C)c1cccc(C(F)(F)F)c1. The first-order valence-electron chi connectivity index (χ1n) is 9.09. The van der Waals surface area contributed by atoms with E-state index in [9.17, 15) is 18.0 Å². The van der Waals surface area contributed by atoms with Crippen molar-refractivity contribution in [2.75, 3.05) is 7.11 Å². The standard InChI is InChI=1S/C20H20F3N5O3/c1-13(14-8-6-9-16(11-14)20(21,22)23)24-26-31-12-15-7-4-5-10-17(15)28-18(30-3)25-27(2)19(28)29/h4-11,26H,12H2,1-3H3/b24-13+. The summed E-state index contributed by atoms with van der Waals surface area (Å²) in [6.07, 6.45) is -4.44. The molecular weight excluding hydrogens is 415 g/mol. The quantitative estimate of drug-likeness (QED) is 0.351. The van der Waals surface area contributed by atoms with Gasteiger partial charge in [0, 0.05) is 12.6 Å². The molecule has 0 aliphatic carbocycles. The maximum Gasteiger partial charge on any atom is 0.416 e. The molecule has 0 spiro atoms. The third kappa shape index (κ3) is 4.94. The molecule has 164 valence electrons. The maximum atomic E-state index is 12.9. The Labute approximate surface area is 175 Å². The molecule has 2 aromatic carbocycles. The zero-order valence-electron chi connectivity index (χ0n) is 17.0. The molecule has 1 heterocycles. The summed E-state index contributed by atoms with van der Waals surface area (Å²) in [7, 11) is 2.91. The Balaban J connectivity index is 1.74. The van der Waals surface area contributed by atoms with Gasteiger partial charge in [-0.05, 0) is 30.7 Å². The van der Waals surface area contributed by atoms with Crippen molar-refractivity contribution >= 4 is 5.71 Å². The monoisotopic (exact) mass is 435 g/mol. The Hall–Kier alpha value is -3.60. The second-order valence-electron chi connectivity index (χ2n) is 6.51. The third-order valence-electron chi connectivity index (χ3n) is 4.42. The Morgan fingerprint density at radius 3 is 2.65 bits per heavy atom. The molecular formula is C20H20F3N5O3. The number of aryl methyl sites for hydroxylation is 1. The van der Waals surface area contributed by atoms with Crippen LogP contribution in [0.3, 0.4) is 0 Å². The van der Waals surface area contributed by atoms with Gasteiger partial charge >= 0.3 is 17.9 Å². The van der Waals surface area contributed by atoms with Gasteiger partial charge in [0.15, 0.2) is 0 Å². The van der Waals surface area contributed by atoms with Crippen molar-refractivity contribution in [3.63, 3.8) is 0 Å². The van der Waals surface area contributed by atoms with Crippen molar-refractivity contribution in [1.82, 2.24) is 19.9 Å². The molecule has 1 N–H and O–H groups in total. The van der Waals surface area contributed by atoms with E-state index in [1.807, 2.05) is 0 Å². The first-order valence-corrected chi connectivity index (χ1v) is 9.09. The molecule has 1 aromatic heterocycles. The average molecular weight is 435 g/mol. The number of hydrogen-bond acceptors (Lipinski definition) is 6. The maximum absolute atomic E-state index is 12.9. The van der Waals surface area contributed by atoms with Gasteiger partial charge in [0.05, 0.1) is 24.1 Å². The molecule has 0 atom stereocenters. The molecule has 0 unspecified atom stereocenters. The van der Waals surface area contributed by atoms with E-state index >= 15 is 0 Å². The number of rotatable bonds is 7. The van der Waals surface area contributed by atoms with Crippen LogP contribution < -0.4 is 16.0 Å². The van der Waals surface area contributed by atoms with E-state index in [4.69, 9.17) is 9.57 Å². The zero-order valence-corrected chi connectivity index (χ0v) is 17.0. The van der Waals surface area contributed by atoms with Gasteiger partial charge in [-0.25, -0.2) is 14.0 Å². The minimum Gasteiger partial charge on any atom is -0.467 e. The Kier molecular flexibility index (Phi) is 6.44. The first kappa shape index (κ1) is 22.1. The van der Waals surface area contributed by atoms with Crippen LogP contribution >= 0.6 is 0 Å². The molecule has 11 heteroatoms. The number of nitrogens with zero attached hydrogens (tertiary/aromatic N) is 4. The number of para-hydroxylation sites is 1. The predicted octanol–water partition coefficient (Wildman–Crippen LogP) is 3.04. The minimum absolute atomic E-state index is 0.0139. The van der Waals surface area contributed by atoms with Gasteiger partial charge in [0.1, 0.15) is 6.61 Å². The number of hydrazone groups is 1. The van der Waals surface area contributed by atoms with Crippen LogP contribution in [0.2, 0.25) is 0 Å². The number of hydrogen-bond donors (Lipinski definition) is 1. The smallest absolute Gasteiger partial charge is 0.416 e. The van der Waals surface area contributed by atoms with Crippen LogP contribution in [0.4, 0.5) is 13.2 Å². The van der Waals surface area contributed by atoms with Crippen LogP contribution in [0, 0.1) is 0 Å². The highest BCUT2D eigenvalue weighted by molar-refractivity contribution is 5.98. The Bertz CT molecular complexity index is 1150. The number of aromatic nitrogens is 3. The van der Waals surface area contributed by atoms with Crippen LogP contribution in [-0.4, -0.2) is 27.2 Å². The van der Waals surface area contributed by atoms with Crippen molar-refractivity contribution in [2.45, 2.75) is 19.7 Å². The third-order valence-corrected chi connectivity index (χ3v) is 4.42. The van der Waals surface area contributed by atoms with Gasteiger partial charge in [-0.15, -0.1) is 5.10 Å². The van der Waals surface area contributed by atoms with E-state index in [2.05, 4.69) is 15.8 Å². The van der Waals surface area contributed by atoms with E-state index in [1.54, 1.807) is 31.2 Å². The molecule has 0 aliphatic heterocycles. The predicted molar refractivity (Wildman–Crippen MR) is 107 cm³/mol. The molecule has 3 rings (SSSR count). The number of halogens is 3. The number of nitrogens with one attached hydrogen (secondary N) is 1. The van der Waals surface area contributed by atoms with Crippen molar-refractivity contribution < 1.29 is 22.7 Å². The summed E-state index contributed by atoms with van der Waals surface area (Å²) >= 11 is 0. The molecule has 0 radical (unpaired) electrons. The molecule has 0 amide bonds. The van der Waals surface area contributed by atoms with E-state index in [0.717, 1.165) is 16.8 Å². The van der Waals surface area contributed by atoms with E-state index in [0.29, 0.717) is 22.5 Å². The summed E-state index contributed by atoms with van der Waals surface area (Å²) in [4.78, 5) is 17.7. The second kappa shape index (κ2) is 9.04. The van der Waals surface area contributed by atoms with Crippen molar-refractivity contribution in [1.29, 1.82) is 0 Å². The van der Waals surface area contributed by atoms with Gasteiger partial charge in [0.2, 0.25) is 0 Å². The first-order chi connectivity index (χ1) is 14.7. The highest BCUT2D eigenvalue weighted by Gasteiger charge is 2.30. The Morgan fingerprint density at radius 2 is 1.94 bits per heavy atom. The fourth-order valence-corrected chi connectivity index (χ4v) is 2.83. The summed E-state index contributed by atoms with van der Waals surface area (Å²) in [5.74, 6) is 0. The molecule has 3 aromatic rings. The molecule has 8 nitrogen and oxygen atoms in total. The van der Waals surface area contributed by atoms with Gasteiger partial charge in [-0.2, -0.15) is 23.9 Å². The molecule has 0 fully saturated rings. The highest BCUT2D eigenvalue weighted by Crippen LogP contribution is 2.29. The summed E-state index contributed by atoms with van der Waals surface area (Å²) in [5.41, 5.74) is 2.99. The van der Waals surface area contributed by atoms with Crippen LogP contribution in [0.15, 0.2) is 58.4 Å². The normalized spacial score (nSPS) is 12.1. The number of alkyl halides is 3. The van der Waals surface area contributed by atoms with Gasteiger partial charge in [-0.3, -0.25) is 4.84 Å². The van der Waals surface area contributed by atoms with Crippen LogP contribution in [0.1, 0.15) is 23.6 Å². The lowest BCUT2D eigenvalue weighted by atomic mass is 10.1. The summed E-state index contributed by atoms with van der Waals surface area (Å²) in [6, 6.07) is 11.9. The number of ether oxygens (including phenoxy) is 1. The lowest BCUT2D eigenvalue weighted by Crippen LogP contribution is -2.23. The molecule has 31 heavy (non-hydrogen) atoms. The van der Waals surface area contributed by atoms with E-state index < -0.39 is 17.4 Å². The van der Waals surface area contributed by atoms with Crippen LogP contribution in [0.25, 0.3) is 5.69 Å². The molecule has 0 saturated heterocycles. The van der Waals surface area contributed by atoms with E-state index in [-0.39, 0.29) is 12.6 Å². The summed E-state index contributed by atoms with van der Waals surface area (Å²) in [5, 5.41) is 7.97. The van der Waals surface area contributed by atoms with Gasteiger partial charge in [-0.1, -0.05) is 30.3 Å². The average Bonchev–Trinajstić information content (AvgIpc) is 3.04. The van der Waals surface area contributed by atoms with Crippen molar-refractivity contribution in [3.05, 3.63) is 75.7 Å². The lowest BCUT2D eigenvalue weighted by Gasteiger charge is -2.11. The van der Waals surface area contributed by atoms with Crippen LogP contribution in [-0.2, 0) is 24.7 Å². The fourth-order valence-electron chi connectivity index (χ4n) is 2.83. The minimum atomic E-state index is -4.44. The van der Waals surface area contributed by atoms with Gasteiger partial charge < -0.3 is 4.74 Å². The van der Waals surface area contributed by atoms with Crippen LogP contribution in [0.5, 0.6) is 6.01 Å². The highest BCUT2D eigenvalue weighted by atomic mass is 19.4. The van der Waals surface area contributed by atoms with Crippen molar-refractivity contribution in [3.8, 4) is 11.7 Å². The van der Waals surface area contributed by atoms with Crippen molar-refractivity contribution in [2.24, 2.45) is 12.1 Å². The summed E-state index contributed by atoms with van der Waals surface area (Å²) in [6.45, 7) is 1.57. The molecule has 0 bridgehead atoms. The van der Waals surface area contributed by atoms with E-state index in [1.165, 1.54) is 30.9 Å². The largest absolute Gasteiger partial charge is 0.467 e. The molecule has 0 saturated carbocycles. The number of methoxy groups -OCH3 is 1. The summed E-state index contributed by atoms with van der Waals surface area (Å²) < 4.78 is 46.2. The zero-order chi connectivity index (χ0) is 22.6. The lowest BCUT2D eigenvalue weighted by molar-refractivity contribution is -0.137. The number of benzene rings is 2. The van der Waals surface area contributed by atoms with Gasteiger partial charge in [0.25, 0.3) is 0 Å². The molecule has 0 aliphatic rings. The topological polar surface area (TPSA) is 82.7 Å².